The highest BCUT2D eigenvalue weighted by molar-refractivity contribution is 5.94. The number of aliphatic carboxylic acids is 1. The van der Waals surface area contributed by atoms with Crippen molar-refractivity contribution in [1.82, 2.24) is 10.2 Å². The van der Waals surface area contributed by atoms with E-state index in [-0.39, 0.29) is 19.3 Å². The number of nitrogens with one attached hydrogen (secondary N) is 1. The van der Waals surface area contributed by atoms with Crippen LogP contribution in [0.15, 0.2) is 0 Å². The second-order valence-electron chi connectivity index (χ2n) is 3.57. The number of carboxylic acid groups (broad SMARTS) is 1. The van der Waals surface area contributed by atoms with E-state index in [1.807, 2.05) is 0 Å². The zero-order valence-electron chi connectivity index (χ0n) is 9.58. The summed E-state index contributed by atoms with van der Waals surface area (Å²) in [5, 5.41) is 10.0. The van der Waals surface area contributed by atoms with Crippen LogP contribution in [0.2, 0.25) is 0 Å². The van der Waals surface area contributed by atoms with Gasteiger partial charge in [0, 0.05) is 19.9 Å². The third-order valence-corrected chi connectivity index (χ3v) is 1.80. The van der Waals surface area contributed by atoms with Gasteiger partial charge in [0.2, 0.25) is 5.91 Å². The molecule has 0 aromatic rings. The van der Waals surface area contributed by atoms with Crippen molar-refractivity contribution >= 4 is 17.9 Å². The van der Waals surface area contributed by atoms with Gasteiger partial charge in [-0.05, 0) is 6.42 Å². The van der Waals surface area contributed by atoms with Crippen molar-refractivity contribution < 1.29 is 32.7 Å². The lowest BCUT2D eigenvalue weighted by atomic mass is 10.2. The largest absolute Gasteiger partial charge is 0.481 e. The number of amides is 3. The fourth-order valence-electron chi connectivity index (χ4n) is 1.02. The lowest BCUT2D eigenvalue weighted by Gasteiger charge is -2.18. The molecule has 104 valence electrons. The lowest BCUT2D eigenvalue weighted by molar-refractivity contribution is -0.139. The van der Waals surface area contributed by atoms with Gasteiger partial charge >= 0.3 is 18.2 Å². The maximum absolute atomic E-state index is 11.9. The average molecular weight is 270 g/mol. The molecule has 0 bridgehead atoms. The van der Waals surface area contributed by atoms with E-state index in [2.05, 4.69) is 0 Å². The van der Waals surface area contributed by atoms with Crippen LogP contribution in [0.3, 0.4) is 0 Å². The number of halogens is 3. The van der Waals surface area contributed by atoms with Crippen LogP contribution in [-0.4, -0.2) is 47.7 Å². The summed E-state index contributed by atoms with van der Waals surface area (Å²) in [7, 11) is 0.896. The minimum absolute atomic E-state index is 0.0113. The zero-order valence-corrected chi connectivity index (χ0v) is 9.58. The Kier molecular flexibility index (Phi) is 6.14. The summed E-state index contributed by atoms with van der Waals surface area (Å²) in [6.45, 7) is -1.47. The van der Waals surface area contributed by atoms with Crippen LogP contribution in [0, 0.1) is 0 Å². The molecule has 0 spiro atoms. The van der Waals surface area contributed by atoms with E-state index >= 15 is 0 Å². The van der Waals surface area contributed by atoms with Crippen LogP contribution in [0.25, 0.3) is 0 Å². The van der Waals surface area contributed by atoms with E-state index in [9.17, 15) is 27.6 Å². The third kappa shape index (κ3) is 8.36. The molecule has 0 aliphatic rings. The number of carboxylic acids is 1. The van der Waals surface area contributed by atoms with Gasteiger partial charge in [-0.2, -0.15) is 13.2 Å². The smallest absolute Gasteiger partial charge is 0.406 e. The van der Waals surface area contributed by atoms with Gasteiger partial charge in [-0.25, -0.2) is 4.79 Å². The first-order valence-corrected chi connectivity index (χ1v) is 4.95. The molecule has 6 nitrogen and oxygen atoms in total. The topological polar surface area (TPSA) is 86.7 Å². The predicted molar refractivity (Wildman–Crippen MR) is 53.7 cm³/mol. The van der Waals surface area contributed by atoms with Crippen molar-refractivity contribution in [1.29, 1.82) is 0 Å². The SMILES string of the molecule is CN(CC(F)(F)F)C(=O)NC(=O)CCCC(=O)O. The van der Waals surface area contributed by atoms with Gasteiger partial charge in [0.1, 0.15) is 6.54 Å². The first-order chi connectivity index (χ1) is 8.11. The Morgan fingerprint density at radius 1 is 1.22 bits per heavy atom. The van der Waals surface area contributed by atoms with Gasteiger partial charge in [0.15, 0.2) is 0 Å². The van der Waals surface area contributed by atoms with E-state index in [0.29, 0.717) is 4.90 Å². The number of alkyl halides is 3. The van der Waals surface area contributed by atoms with Crippen molar-refractivity contribution in [2.75, 3.05) is 13.6 Å². The Morgan fingerprint density at radius 3 is 2.22 bits per heavy atom. The minimum Gasteiger partial charge on any atom is -0.481 e. The predicted octanol–water partition coefficient (Wildman–Crippen LogP) is 0.972. The molecule has 0 heterocycles. The fraction of sp³-hybridized carbons (Fsp3) is 0.667. The Bertz CT molecular complexity index is 330. The molecule has 2 N–H and O–H groups in total. The summed E-state index contributed by atoms with van der Waals surface area (Å²) in [4.78, 5) is 32.6. The third-order valence-electron chi connectivity index (χ3n) is 1.80. The van der Waals surface area contributed by atoms with Crippen molar-refractivity contribution in [2.45, 2.75) is 25.4 Å². The number of nitrogens with zero attached hydrogens (tertiary/aromatic N) is 1. The van der Waals surface area contributed by atoms with Crippen LogP contribution in [0.1, 0.15) is 19.3 Å². The van der Waals surface area contributed by atoms with Crippen molar-refractivity contribution in [3.8, 4) is 0 Å². The number of imide groups is 1. The van der Waals surface area contributed by atoms with Crippen molar-refractivity contribution in [3.63, 3.8) is 0 Å². The molecule has 18 heavy (non-hydrogen) atoms. The van der Waals surface area contributed by atoms with E-state index in [0.717, 1.165) is 7.05 Å². The molecular weight excluding hydrogens is 257 g/mol. The molecule has 0 saturated heterocycles. The highest BCUT2D eigenvalue weighted by Crippen LogP contribution is 2.15. The molecule has 0 atom stereocenters. The number of carbonyl (C=O) groups is 3. The standard InChI is InChI=1S/C9H13F3N2O4/c1-14(5-9(10,11)12)8(18)13-6(15)3-2-4-7(16)17/h2-5H2,1H3,(H,16,17)(H,13,15,18). The van der Waals surface area contributed by atoms with Crippen LogP contribution in [0.5, 0.6) is 0 Å². The summed E-state index contributed by atoms with van der Waals surface area (Å²) in [6, 6.07) is -1.17. The summed E-state index contributed by atoms with van der Waals surface area (Å²) in [5.74, 6) is -1.90. The first kappa shape index (κ1) is 16.2. The van der Waals surface area contributed by atoms with Gasteiger partial charge in [-0.3, -0.25) is 14.9 Å². The molecule has 0 aliphatic heterocycles. The van der Waals surface area contributed by atoms with Crippen LogP contribution in [-0.2, 0) is 9.59 Å². The van der Waals surface area contributed by atoms with E-state index in [4.69, 9.17) is 5.11 Å². The normalized spacial score (nSPS) is 10.9. The van der Waals surface area contributed by atoms with E-state index in [1.54, 1.807) is 5.32 Å². The molecule has 0 rings (SSSR count). The molecule has 0 saturated carbocycles. The monoisotopic (exact) mass is 270 g/mol. The van der Waals surface area contributed by atoms with E-state index < -0.39 is 30.6 Å². The van der Waals surface area contributed by atoms with E-state index in [1.165, 1.54) is 0 Å². The molecule has 0 aliphatic carbocycles. The number of carbonyl (C=O) groups excluding carboxylic acids is 2. The lowest BCUT2D eigenvalue weighted by Crippen LogP contribution is -2.44. The first-order valence-electron chi connectivity index (χ1n) is 4.95. The molecular formula is C9H13F3N2O4. The highest BCUT2D eigenvalue weighted by Gasteiger charge is 2.31. The Morgan fingerprint density at radius 2 is 1.78 bits per heavy atom. The van der Waals surface area contributed by atoms with Gasteiger partial charge in [0.05, 0.1) is 0 Å². The minimum atomic E-state index is -4.54. The van der Waals surface area contributed by atoms with Gasteiger partial charge in [0.25, 0.3) is 0 Å². The maximum atomic E-state index is 11.9. The molecule has 9 heteroatoms. The molecule has 0 radical (unpaired) electrons. The molecule has 0 unspecified atom stereocenters. The average Bonchev–Trinajstić information content (AvgIpc) is 2.13. The van der Waals surface area contributed by atoms with Crippen LogP contribution < -0.4 is 5.32 Å². The van der Waals surface area contributed by atoms with Crippen molar-refractivity contribution in [2.24, 2.45) is 0 Å². The van der Waals surface area contributed by atoms with Gasteiger partial charge < -0.3 is 10.0 Å². The zero-order chi connectivity index (χ0) is 14.3. The van der Waals surface area contributed by atoms with Crippen LogP contribution >= 0.6 is 0 Å². The Hall–Kier alpha value is -1.80. The number of hydrogen-bond donors (Lipinski definition) is 2. The maximum Gasteiger partial charge on any atom is 0.406 e. The summed E-state index contributed by atoms with van der Waals surface area (Å²) in [5.41, 5.74) is 0. The number of hydrogen-bond acceptors (Lipinski definition) is 3. The highest BCUT2D eigenvalue weighted by atomic mass is 19.4. The number of urea groups is 1. The van der Waals surface area contributed by atoms with Gasteiger partial charge in [-0.15, -0.1) is 0 Å². The summed E-state index contributed by atoms with van der Waals surface area (Å²) >= 11 is 0. The molecule has 3 amide bonds. The Balaban J connectivity index is 4.00. The number of rotatable bonds is 5. The molecule has 0 aromatic carbocycles. The van der Waals surface area contributed by atoms with Gasteiger partial charge in [-0.1, -0.05) is 0 Å². The van der Waals surface area contributed by atoms with Crippen molar-refractivity contribution in [3.05, 3.63) is 0 Å². The Labute approximate surface area is 101 Å². The summed E-state index contributed by atoms with van der Waals surface area (Å²) in [6.07, 6.45) is -5.02. The van der Waals surface area contributed by atoms with Crippen LogP contribution in [0.4, 0.5) is 18.0 Å². The summed E-state index contributed by atoms with van der Waals surface area (Å²) < 4.78 is 35.8. The fourth-order valence-corrected chi connectivity index (χ4v) is 1.02. The second kappa shape index (κ2) is 6.82. The second-order valence-corrected chi connectivity index (χ2v) is 3.57. The quantitative estimate of drug-likeness (QED) is 0.779. The molecule has 0 aromatic heterocycles. The molecule has 0 fully saturated rings.